The lowest BCUT2D eigenvalue weighted by Crippen LogP contribution is -2.10. The van der Waals surface area contributed by atoms with Gasteiger partial charge >= 0.3 is 0 Å². The van der Waals surface area contributed by atoms with Crippen LogP contribution in [0.5, 0.6) is 11.5 Å². The molecule has 8 heteroatoms. The molecule has 1 saturated carbocycles. The first-order valence-electron chi connectivity index (χ1n) is 8.86. The molecular weight excluding hydrogens is 416 g/mol. The van der Waals surface area contributed by atoms with Crippen LogP contribution in [0.15, 0.2) is 21.7 Å². The third kappa shape index (κ3) is 4.17. The minimum atomic E-state index is 0.412. The van der Waals surface area contributed by atoms with Gasteiger partial charge in [-0.05, 0) is 65.6 Å². The normalized spacial score (nSPS) is 15.5. The number of methoxy groups -OCH3 is 1. The van der Waals surface area contributed by atoms with Crippen molar-refractivity contribution < 1.29 is 9.47 Å². The van der Waals surface area contributed by atoms with Gasteiger partial charge in [-0.2, -0.15) is 14.9 Å². The molecule has 1 heterocycles. The maximum atomic E-state index is 5.67. The zero-order valence-corrected chi connectivity index (χ0v) is 17.4. The number of hydrogen-bond acceptors (Lipinski definition) is 5. The van der Waals surface area contributed by atoms with E-state index in [9.17, 15) is 0 Å². The van der Waals surface area contributed by atoms with Crippen molar-refractivity contribution >= 4 is 34.4 Å². The lowest BCUT2D eigenvalue weighted by atomic mass is 9.89. The van der Waals surface area contributed by atoms with Crippen LogP contribution in [0.25, 0.3) is 0 Å². The largest absolute Gasteiger partial charge is 0.492 e. The molecule has 0 atom stereocenters. The Kier molecular flexibility index (Phi) is 6.48. The van der Waals surface area contributed by atoms with Crippen LogP contribution in [0, 0.1) is 4.77 Å². The Hall–Kier alpha value is -1.67. The lowest BCUT2D eigenvalue weighted by molar-refractivity contribution is 0.310. The van der Waals surface area contributed by atoms with Gasteiger partial charge in [0.25, 0.3) is 0 Å². The van der Waals surface area contributed by atoms with E-state index in [1.807, 2.05) is 19.1 Å². The molecule has 0 bridgehead atoms. The monoisotopic (exact) mass is 438 g/mol. The zero-order chi connectivity index (χ0) is 18.5. The summed E-state index contributed by atoms with van der Waals surface area (Å²) >= 11 is 8.89. The number of nitrogens with zero attached hydrogens (tertiary/aromatic N) is 3. The number of H-pyrrole nitrogens is 1. The van der Waals surface area contributed by atoms with E-state index in [-0.39, 0.29) is 0 Å². The first-order valence-corrected chi connectivity index (χ1v) is 10.1. The Labute approximate surface area is 166 Å². The van der Waals surface area contributed by atoms with Gasteiger partial charge in [0.05, 0.1) is 24.4 Å². The summed E-state index contributed by atoms with van der Waals surface area (Å²) in [6.45, 7) is 2.50. The van der Waals surface area contributed by atoms with Crippen molar-refractivity contribution in [1.29, 1.82) is 0 Å². The van der Waals surface area contributed by atoms with E-state index in [2.05, 4.69) is 31.2 Å². The second kappa shape index (κ2) is 8.81. The molecule has 1 fully saturated rings. The highest BCUT2D eigenvalue weighted by Gasteiger charge is 2.21. The quantitative estimate of drug-likeness (QED) is 0.506. The summed E-state index contributed by atoms with van der Waals surface area (Å²) in [6, 6.07) is 3.84. The summed E-state index contributed by atoms with van der Waals surface area (Å²) in [5.41, 5.74) is 0.888. The van der Waals surface area contributed by atoms with E-state index < -0.39 is 0 Å². The van der Waals surface area contributed by atoms with Crippen molar-refractivity contribution in [2.24, 2.45) is 5.10 Å². The molecule has 1 aliphatic rings. The molecule has 1 aliphatic carbocycles. The molecule has 1 aromatic carbocycles. The highest BCUT2D eigenvalue weighted by Crippen LogP contribution is 2.36. The van der Waals surface area contributed by atoms with E-state index in [0.717, 1.165) is 28.7 Å². The van der Waals surface area contributed by atoms with Crippen molar-refractivity contribution in [2.75, 3.05) is 13.7 Å². The molecule has 26 heavy (non-hydrogen) atoms. The van der Waals surface area contributed by atoms with Crippen LogP contribution in [-0.2, 0) is 0 Å². The Bertz CT molecular complexity index is 840. The van der Waals surface area contributed by atoms with E-state index in [1.165, 1.54) is 19.3 Å². The molecule has 2 aromatic rings. The van der Waals surface area contributed by atoms with Gasteiger partial charge in [-0.15, -0.1) is 0 Å². The Morgan fingerprint density at radius 1 is 1.38 bits per heavy atom. The molecule has 1 N–H and O–H groups in total. The first-order chi connectivity index (χ1) is 12.6. The molecule has 0 amide bonds. The summed E-state index contributed by atoms with van der Waals surface area (Å²) < 4.78 is 14.1. The first kappa shape index (κ1) is 19.1. The Morgan fingerprint density at radius 2 is 2.15 bits per heavy atom. The van der Waals surface area contributed by atoms with Crippen LogP contribution in [0.1, 0.15) is 56.3 Å². The molecule has 6 nitrogen and oxygen atoms in total. The van der Waals surface area contributed by atoms with Gasteiger partial charge in [0.1, 0.15) is 0 Å². The molecular formula is C18H23BrN4O2S. The molecule has 0 radical (unpaired) electrons. The molecule has 0 saturated heterocycles. The standard InChI is InChI=1S/C18H23BrN4O2S/c1-3-25-15-10-12(9-14(19)16(15)24-2)11-20-23-17(21-22-18(23)26)13-7-5-4-6-8-13/h9-11,13H,3-8H2,1-2H3,(H,22,26)/b20-11-. The predicted molar refractivity (Wildman–Crippen MR) is 108 cm³/mol. The van der Waals surface area contributed by atoms with E-state index >= 15 is 0 Å². The fraction of sp³-hybridized carbons (Fsp3) is 0.500. The highest BCUT2D eigenvalue weighted by atomic mass is 79.9. The smallest absolute Gasteiger partial charge is 0.216 e. The summed E-state index contributed by atoms with van der Waals surface area (Å²) in [4.78, 5) is 0. The fourth-order valence-electron chi connectivity index (χ4n) is 3.29. The summed E-state index contributed by atoms with van der Waals surface area (Å²) in [5, 5.41) is 11.9. The van der Waals surface area contributed by atoms with Crippen molar-refractivity contribution in [1.82, 2.24) is 14.9 Å². The second-order valence-electron chi connectivity index (χ2n) is 6.25. The number of aromatic amines is 1. The fourth-order valence-corrected chi connectivity index (χ4v) is 4.10. The maximum Gasteiger partial charge on any atom is 0.216 e. The number of ether oxygens (including phenoxy) is 2. The molecule has 140 valence electrons. The van der Waals surface area contributed by atoms with E-state index in [0.29, 0.717) is 28.8 Å². The number of benzene rings is 1. The van der Waals surface area contributed by atoms with Gasteiger partial charge in [-0.25, -0.2) is 0 Å². The number of nitrogens with one attached hydrogen (secondary N) is 1. The van der Waals surface area contributed by atoms with Gasteiger partial charge in [-0.3, -0.25) is 5.10 Å². The zero-order valence-electron chi connectivity index (χ0n) is 15.0. The summed E-state index contributed by atoms with van der Waals surface area (Å²) in [5.74, 6) is 2.68. The summed E-state index contributed by atoms with van der Waals surface area (Å²) in [6.07, 6.45) is 7.80. The molecule has 0 unspecified atom stereocenters. The van der Waals surface area contributed by atoms with Crippen LogP contribution >= 0.6 is 28.1 Å². The number of hydrogen-bond donors (Lipinski definition) is 1. The van der Waals surface area contributed by atoms with Crippen molar-refractivity contribution in [3.05, 3.63) is 32.8 Å². The average molecular weight is 439 g/mol. The van der Waals surface area contributed by atoms with Crippen LogP contribution in [-0.4, -0.2) is 34.8 Å². The number of halogens is 1. The van der Waals surface area contributed by atoms with Crippen molar-refractivity contribution in [3.8, 4) is 11.5 Å². The minimum Gasteiger partial charge on any atom is -0.492 e. The van der Waals surface area contributed by atoms with E-state index in [1.54, 1.807) is 18.0 Å². The third-order valence-corrected chi connectivity index (χ3v) is 5.36. The second-order valence-corrected chi connectivity index (χ2v) is 7.49. The predicted octanol–water partition coefficient (Wildman–Crippen LogP) is 5.04. The third-order valence-electron chi connectivity index (χ3n) is 4.50. The van der Waals surface area contributed by atoms with Crippen molar-refractivity contribution in [3.63, 3.8) is 0 Å². The summed E-state index contributed by atoms with van der Waals surface area (Å²) in [7, 11) is 1.62. The van der Waals surface area contributed by atoms with Gasteiger partial charge in [0.2, 0.25) is 4.77 Å². The van der Waals surface area contributed by atoms with Gasteiger partial charge in [0, 0.05) is 5.92 Å². The highest BCUT2D eigenvalue weighted by molar-refractivity contribution is 9.10. The number of rotatable bonds is 6. The molecule has 1 aromatic heterocycles. The Morgan fingerprint density at radius 3 is 2.85 bits per heavy atom. The van der Waals surface area contributed by atoms with Crippen LogP contribution in [0.4, 0.5) is 0 Å². The van der Waals surface area contributed by atoms with Crippen LogP contribution in [0.3, 0.4) is 0 Å². The van der Waals surface area contributed by atoms with Crippen LogP contribution in [0.2, 0.25) is 0 Å². The van der Waals surface area contributed by atoms with E-state index in [4.69, 9.17) is 21.7 Å². The molecule has 0 spiro atoms. The van der Waals surface area contributed by atoms with Gasteiger partial charge in [0.15, 0.2) is 17.3 Å². The minimum absolute atomic E-state index is 0.412. The van der Waals surface area contributed by atoms with Crippen molar-refractivity contribution in [2.45, 2.75) is 44.9 Å². The molecule has 0 aliphatic heterocycles. The Balaban J connectivity index is 1.91. The molecule has 3 rings (SSSR count). The van der Waals surface area contributed by atoms with Gasteiger partial charge in [-0.1, -0.05) is 19.3 Å². The maximum absolute atomic E-state index is 5.67. The van der Waals surface area contributed by atoms with Crippen LogP contribution < -0.4 is 9.47 Å². The SMILES string of the molecule is CCOc1cc(/C=N\n2c(C3CCCCC3)n[nH]c2=S)cc(Br)c1OC. The van der Waals surface area contributed by atoms with Gasteiger partial charge < -0.3 is 9.47 Å². The average Bonchev–Trinajstić information content (AvgIpc) is 3.01. The number of aromatic nitrogens is 3. The lowest BCUT2D eigenvalue weighted by Gasteiger charge is -2.19. The topological polar surface area (TPSA) is 64.4 Å².